The first-order valence-corrected chi connectivity index (χ1v) is 28.4. The Bertz CT molecular complexity index is 1000. The third-order valence-electron chi connectivity index (χ3n) is 13.0. The lowest BCUT2D eigenvalue weighted by Crippen LogP contribution is -2.45. The van der Waals surface area contributed by atoms with Gasteiger partial charge in [0.1, 0.15) is 0 Å². The Balaban J connectivity index is 3.44. The lowest BCUT2D eigenvalue weighted by Gasteiger charge is -2.19. The molecule has 0 aromatic carbocycles. The summed E-state index contributed by atoms with van der Waals surface area (Å²) in [6, 6.07) is -0.644. The number of amides is 1. The van der Waals surface area contributed by atoms with Gasteiger partial charge in [0.15, 0.2) is 0 Å². The van der Waals surface area contributed by atoms with Crippen molar-refractivity contribution in [3.8, 4) is 0 Å². The van der Waals surface area contributed by atoms with Crippen LogP contribution in [0.5, 0.6) is 0 Å². The monoisotopic (exact) mass is 882 g/mol. The average Bonchev–Trinajstić information content (AvgIpc) is 3.29. The molecule has 0 saturated heterocycles. The quantitative estimate of drug-likeness (QED) is 0.0421. The van der Waals surface area contributed by atoms with Gasteiger partial charge in [-0.15, -0.1) is 0 Å². The van der Waals surface area contributed by atoms with Gasteiger partial charge in [0.25, 0.3) is 0 Å². The summed E-state index contributed by atoms with van der Waals surface area (Å²) in [6.45, 7) is 4.30. The lowest BCUT2D eigenvalue weighted by atomic mass is 10.0. The first-order valence-electron chi connectivity index (χ1n) is 28.4. The summed E-state index contributed by atoms with van der Waals surface area (Å²) >= 11 is 0. The van der Waals surface area contributed by atoms with Crippen LogP contribution in [-0.4, -0.2) is 34.9 Å². The molecule has 2 unspecified atom stereocenters. The van der Waals surface area contributed by atoms with E-state index in [0.29, 0.717) is 6.42 Å². The molecular weight excluding hydrogens is 771 g/mol. The molecule has 370 valence electrons. The van der Waals surface area contributed by atoms with E-state index in [1.807, 2.05) is 6.08 Å². The largest absolute Gasteiger partial charge is 0.394 e. The van der Waals surface area contributed by atoms with Gasteiger partial charge < -0.3 is 15.5 Å². The first-order chi connectivity index (χ1) is 31.2. The molecule has 0 aromatic heterocycles. The fraction of sp³-hybridized carbons (Fsp3) is 0.847. The third-order valence-corrected chi connectivity index (χ3v) is 13.0. The summed E-state index contributed by atoms with van der Waals surface area (Å²) in [7, 11) is 0. The molecule has 0 heterocycles. The van der Waals surface area contributed by atoms with Crippen LogP contribution in [0.1, 0.15) is 303 Å². The summed E-state index contributed by atoms with van der Waals surface area (Å²) in [4.78, 5) is 12.4. The molecule has 63 heavy (non-hydrogen) atoms. The van der Waals surface area contributed by atoms with Crippen molar-refractivity contribution in [2.45, 2.75) is 315 Å². The highest BCUT2D eigenvalue weighted by Gasteiger charge is 2.18. The molecule has 1 amide bonds. The van der Waals surface area contributed by atoms with Crippen LogP contribution < -0.4 is 5.32 Å². The van der Waals surface area contributed by atoms with Gasteiger partial charge in [-0.25, -0.2) is 0 Å². The summed E-state index contributed by atoms with van der Waals surface area (Å²) in [6.07, 6.45) is 75.7. The van der Waals surface area contributed by atoms with Crippen LogP contribution in [-0.2, 0) is 4.79 Å². The number of hydrogen-bond donors (Lipinski definition) is 3. The highest BCUT2D eigenvalue weighted by Crippen LogP contribution is 2.17. The second-order valence-corrected chi connectivity index (χ2v) is 19.3. The van der Waals surface area contributed by atoms with E-state index in [2.05, 4.69) is 55.6 Å². The minimum atomic E-state index is -0.869. The Morgan fingerprint density at radius 2 is 0.619 bits per heavy atom. The van der Waals surface area contributed by atoms with Crippen LogP contribution in [0.15, 0.2) is 48.6 Å². The van der Waals surface area contributed by atoms with Crippen molar-refractivity contribution in [3.05, 3.63) is 48.6 Å². The Kier molecular flexibility index (Phi) is 53.3. The van der Waals surface area contributed by atoms with Crippen molar-refractivity contribution < 1.29 is 15.0 Å². The van der Waals surface area contributed by atoms with Crippen molar-refractivity contribution >= 4 is 5.91 Å². The van der Waals surface area contributed by atoms with Gasteiger partial charge in [-0.1, -0.05) is 274 Å². The van der Waals surface area contributed by atoms with Crippen LogP contribution >= 0.6 is 0 Å². The second-order valence-electron chi connectivity index (χ2n) is 19.3. The minimum Gasteiger partial charge on any atom is -0.394 e. The number of aliphatic hydroxyl groups is 2. The highest BCUT2D eigenvalue weighted by atomic mass is 16.3. The molecule has 0 aliphatic rings. The number of nitrogens with one attached hydrogen (secondary N) is 1. The minimum absolute atomic E-state index is 0.0740. The number of allylic oxidation sites excluding steroid dienone is 7. The molecule has 0 fully saturated rings. The average molecular weight is 883 g/mol. The van der Waals surface area contributed by atoms with E-state index < -0.39 is 12.1 Å². The number of hydrogen-bond acceptors (Lipinski definition) is 3. The van der Waals surface area contributed by atoms with Gasteiger partial charge in [-0.2, -0.15) is 0 Å². The maximum Gasteiger partial charge on any atom is 0.220 e. The van der Waals surface area contributed by atoms with Gasteiger partial charge in [0, 0.05) is 6.42 Å². The molecule has 3 N–H and O–H groups in total. The second kappa shape index (κ2) is 54.7. The standard InChI is InChI=1S/C59H111NO3/c1-3-5-7-9-11-13-15-17-19-21-22-23-24-25-26-27-28-29-30-31-32-33-34-35-36-37-38-39-41-43-45-47-49-51-53-55-59(63)60-57(56-61)58(62)54-52-50-48-46-44-42-40-20-18-16-14-12-10-8-6-4-2/h18,20-22,44,46,52,54,57-58,61-62H,3-17,19,23-43,45,47-51,53,55-56H2,1-2H3,(H,60,63)/b20-18+,22-21-,46-44+,54-52+. The molecular formula is C59H111NO3. The predicted molar refractivity (Wildman–Crippen MR) is 281 cm³/mol. The van der Waals surface area contributed by atoms with E-state index in [-0.39, 0.29) is 12.5 Å². The molecule has 4 heteroatoms. The van der Waals surface area contributed by atoms with Crippen molar-refractivity contribution in [1.82, 2.24) is 5.32 Å². The zero-order chi connectivity index (χ0) is 45.6. The molecule has 0 aliphatic carbocycles. The fourth-order valence-corrected chi connectivity index (χ4v) is 8.68. The van der Waals surface area contributed by atoms with Crippen LogP contribution in [0.25, 0.3) is 0 Å². The van der Waals surface area contributed by atoms with Crippen molar-refractivity contribution in [2.75, 3.05) is 6.61 Å². The number of rotatable bonds is 52. The molecule has 0 saturated carbocycles. The molecule has 0 rings (SSSR count). The Labute approximate surface area is 394 Å². The van der Waals surface area contributed by atoms with Crippen molar-refractivity contribution in [2.24, 2.45) is 0 Å². The molecule has 2 atom stereocenters. The maximum atomic E-state index is 12.4. The zero-order valence-electron chi connectivity index (χ0n) is 42.6. The predicted octanol–water partition coefficient (Wildman–Crippen LogP) is 18.6. The summed E-state index contributed by atoms with van der Waals surface area (Å²) in [5, 5.41) is 23.1. The van der Waals surface area contributed by atoms with Crippen LogP contribution in [0.2, 0.25) is 0 Å². The molecule has 0 aliphatic heterocycles. The Morgan fingerprint density at radius 3 is 0.921 bits per heavy atom. The van der Waals surface area contributed by atoms with E-state index >= 15 is 0 Å². The van der Waals surface area contributed by atoms with Gasteiger partial charge >= 0.3 is 0 Å². The first kappa shape index (κ1) is 61.4. The summed E-state index contributed by atoms with van der Waals surface area (Å²) < 4.78 is 0. The Hall–Kier alpha value is -1.65. The number of aliphatic hydroxyl groups excluding tert-OH is 2. The van der Waals surface area contributed by atoms with E-state index in [9.17, 15) is 15.0 Å². The zero-order valence-corrected chi connectivity index (χ0v) is 42.6. The number of carbonyl (C=O) groups is 1. The van der Waals surface area contributed by atoms with Gasteiger partial charge in [0.2, 0.25) is 5.91 Å². The van der Waals surface area contributed by atoms with E-state index in [1.54, 1.807) is 6.08 Å². The SMILES string of the molecule is CCCCCCCC/C=C/CC/C=C/CC/C=C/C(O)C(CO)NC(=O)CCCCCCCCCCCCCCCCCCCCCCCCC/C=C\CCCCCCCCCC. The molecule has 0 spiro atoms. The maximum absolute atomic E-state index is 12.4. The number of carbonyl (C=O) groups excluding carboxylic acids is 1. The molecule has 0 bridgehead atoms. The van der Waals surface area contributed by atoms with Gasteiger partial charge in [-0.05, 0) is 70.6 Å². The highest BCUT2D eigenvalue weighted by molar-refractivity contribution is 5.76. The lowest BCUT2D eigenvalue weighted by molar-refractivity contribution is -0.123. The van der Waals surface area contributed by atoms with Crippen molar-refractivity contribution in [3.63, 3.8) is 0 Å². The van der Waals surface area contributed by atoms with Gasteiger partial charge in [0.05, 0.1) is 18.8 Å². The normalized spacial score (nSPS) is 13.1. The van der Waals surface area contributed by atoms with Gasteiger partial charge in [-0.3, -0.25) is 4.79 Å². The van der Waals surface area contributed by atoms with Crippen LogP contribution in [0.3, 0.4) is 0 Å². The summed E-state index contributed by atoms with van der Waals surface area (Å²) in [5.74, 6) is -0.0740. The van der Waals surface area contributed by atoms with E-state index in [1.165, 1.54) is 244 Å². The molecule has 0 radical (unpaired) electrons. The topological polar surface area (TPSA) is 69.6 Å². The fourth-order valence-electron chi connectivity index (χ4n) is 8.68. The van der Waals surface area contributed by atoms with Crippen molar-refractivity contribution in [1.29, 1.82) is 0 Å². The number of unbranched alkanes of at least 4 members (excludes halogenated alkanes) is 39. The van der Waals surface area contributed by atoms with E-state index in [0.717, 1.165) is 38.5 Å². The van der Waals surface area contributed by atoms with Crippen LogP contribution in [0, 0.1) is 0 Å². The molecule has 0 aromatic rings. The third kappa shape index (κ3) is 51.2. The van der Waals surface area contributed by atoms with E-state index in [4.69, 9.17) is 0 Å². The Morgan fingerprint density at radius 1 is 0.365 bits per heavy atom. The molecule has 4 nitrogen and oxygen atoms in total. The van der Waals surface area contributed by atoms with Crippen LogP contribution in [0.4, 0.5) is 0 Å². The smallest absolute Gasteiger partial charge is 0.220 e. The summed E-state index contributed by atoms with van der Waals surface area (Å²) in [5.41, 5.74) is 0.